The lowest BCUT2D eigenvalue weighted by Crippen LogP contribution is -2.43. The molecule has 3 aliphatic rings. The Bertz CT molecular complexity index is 652. The molecule has 0 amide bonds. The Labute approximate surface area is 147 Å². The van der Waals surface area contributed by atoms with Crippen LogP contribution in [0.25, 0.3) is 0 Å². The Morgan fingerprint density at radius 2 is 2.16 bits per heavy atom. The first-order valence-corrected chi connectivity index (χ1v) is 9.19. The van der Waals surface area contributed by atoms with E-state index in [4.69, 9.17) is 4.74 Å². The first-order valence-electron chi connectivity index (χ1n) is 9.19. The fourth-order valence-corrected chi connectivity index (χ4v) is 4.18. The molecule has 3 fully saturated rings. The van der Waals surface area contributed by atoms with Crippen LogP contribution in [-0.2, 0) is 4.74 Å². The largest absolute Gasteiger partial charge is 0.381 e. The molecule has 6 heteroatoms. The fourth-order valence-electron chi connectivity index (χ4n) is 4.18. The second kappa shape index (κ2) is 6.56. The number of aliphatic imine (C=N–C) groups is 1. The van der Waals surface area contributed by atoms with Gasteiger partial charge < -0.3 is 15.0 Å². The Kier molecular flexibility index (Phi) is 4.40. The standard InChI is InChI=1S/C19H25F2N3O/c1-2-22-18(24-8-6-19(11-24)7-9-25-12-19)23-16-10-13(16)17-14(20)4-3-5-15(17)21/h3-5,13,16H,2,6-12H2,1H3,(H,22,23). The smallest absolute Gasteiger partial charge is 0.194 e. The molecule has 1 N–H and O–H groups in total. The summed E-state index contributed by atoms with van der Waals surface area (Å²) in [6.07, 6.45) is 2.96. The van der Waals surface area contributed by atoms with Crippen LogP contribution in [0.4, 0.5) is 8.78 Å². The number of halogens is 2. The highest BCUT2D eigenvalue weighted by molar-refractivity contribution is 5.81. The van der Waals surface area contributed by atoms with Crippen LogP contribution in [-0.4, -0.2) is 49.7 Å². The third-order valence-electron chi connectivity index (χ3n) is 5.71. The summed E-state index contributed by atoms with van der Waals surface area (Å²) in [7, 11) is 0. The van der Waals surface area contributed by atoms with Crippen molar-refractivity contribution in [3.8, 4) is 0 Å². The van der Waals surface area contributed by atoms with E-state index in [1.807, 2.05) is 6.92 Å². The van der Waals surface area contributed by atoms with Gasteiger partial charge in [-0.3, -0.25) is 4.99 Å². The van der Waals surface area contributed by atoms with E-state index in [0.717, 1.165) is 51.5 Å². The molecule has 0 radical (unpaired) electrons. The Morgan fingerprint density at radius 1 is 1.36 bits per heavy atom. The summed E-state index contributed by atoms with van der Waals surface area (Å²) in [6.45, 7) is 6.28. The van der Waals surface area contributed by atoms with Gasteiger partial charge in [0, 0.05) is 49.2 Å². The number of benzene rings is 1. The molecule has 1 saturated carbocycles. The van der Waals surface area contributed by atoms with Crippen LogP contribution in [0.5, 0.6) is 0 Å². The molecule has 3 unspecified atom stereocenters. The van der Waals surface area contributed by atoms with E-state index < -0.39 is 11.6 Å². The lowest BCUT2D eigenvalue weighted by Gasteiger charge is -2.25. The molecule has 136 valence electrons. The number of guanidine groups is 1. The van der Waals surface area contributed by atoms with Crippen molar-refractivity contribution < 1.29 is 13.5 Å². The van der Waals surface area contributed by atoms with E-state index in [-0.39, 0.29) is 22.9 Å². The number of rotatable bonds is 3. The van der Waals surface area contributed by atoms with Crippen LogP contribution in [0.3, 0.4) is 0 Å². The van der Waals surface area contributed by atoms with Crippen LogP contribution < -0.4 is 5.32 Å². The molecule has 2 heterocycles. The van der Waals surface area contributed by atoms with Crippen molar-refractivity contribution in [3.63, 3.8) is 0 Å². The van der Waals surface area contributed by atoms with E-state index in [0.29, 0.717) is 6.54 Å². The first kappa shape index (κ1) is 16.8. The van der Waals surface area contributed by atoms with Crippen LogP contribution in [0.1, 0.15) is 37.7 Å². The van der Waals surface area contributed by atoms with Crippen molar-refractivity contribution in [3.05, 3.63) is 35.4 Å². The average Bonchev–Trinajstić information content (AvgIpc) is 3.01. The van der Waals surface area contributed by atoms with Gasteiger partial charge in [0.1, 0.15) is 11.6 Å². The van der Waals surface area contributed by atoms with Gasteiger partial charge in [0.2, 0.25) is 0 Å². The number of hydrogen-bond acceptors (Lipinski definition) is 2. The maximum absolute atomic E-state index is 14.0. The van der Waals surface area contributed by atoms with Gasteiger partial charge in [0.25, 0.3) is 0 Å². The van der Waals surface area contributed by atoms with E-state index >= 15 is 0 Å². The van der Waals surface area contributed by atoms with E-state index in [2.05, 4.69) is 15.2 Å². The number of hydrogen-bond donors (Lipinski definition) is 1. The predicted molar refractivity (Wildman–Crippen MR) is 92.7 cm³/mol. The lowest BCUT2D eigenvalue weighted by atomic mass is 9.87. The van der Waals surface area contributed by atoms with Gasteiger partial charge in [-0.2, -0.15) is 0 Å². The summed E-state index contributed by atoms with van der Waals surface area (Å²) in [5, 5.41) is 3.44. The van der Waals surface area contributed by atoms with Crippen molar-refractivity contribution in [1.29, 1.82) is 0 Å². The van der Waals surface area contributed by atoms with Gasteiger partial charge in [-0.05, 0) is 38.3 Å². The van der Waals surface area contributed by atoms with E-state index in [1.54, 1.807) is 0 Å². The Balaban J connectivity index is 1.43. The fraction of sp³-hybridized carbons (Fsp3) is 0.632. The van der Waals surface area contributed by atoms with Gasteiger partial charge in [-0.25, -0.2) is 8.78 Å². The maximum Gasteiger partial charge on any atom is 0.194 e. The predicted octanol–water partition coefficient (Wildman–Crippen LogP) is 2.90. The molecule has 25 heavy (non-hydrogen) atoms. The molecule has 0 aromatic heterocycles. The van der Waals surface area contributed by atoms with Crippen LogP contribution in [0.2, 0.25) is 0 Å². The number of nitrogens with one attached hydrogen (secondary N) is 1. The van der Waals surface area contributed by atoms with Gasteiger partial charge in [0.05, 0.1) is 6.61 Å². The highest BCUT2D eigenvalue weighted by Gasteiger charge is 2.45. The van der Waals surface area contributed by atoms with Crippen molar-refractivity contribution in [2.75, 3.05) is 32.8 Å². The molecular weight excluding hydrogens is 324 g/mol. The SMILES string of the molecule is CCN=C(NC1CC1c1c(F)cccc1F)N1CCC2(CCOC2)C1. The van der Waals surface area contributed by atoms with Gasteiger partial charge in [0.15, 0.2) is 5.96 Å². The summed E-state index contributed by atoms with van der Waals surface area (Å²) in [5.74, 6) is -0.150. The van der Waals surface area contributed by atoms with E-state index in [1.165, 1.54) is 18.2 Å². The summed E-state index contributed by atoms with van der Waals surface area (Å²) in [4.78, 5) is 6.90. The minimum atomic E-state index is -0.452. The zero-order valence-electron chi connectivity index (χ0n) is 14.6. The molecule has 1 spiro atoms. The lowest BCUT2D eigenvalue weighted by molar-refractivity contribution is 0.156. The second-order valence-electron chi connectivity index (χ2n) is 7.50. The van der Waals surface area contributed by atoms with Gasteiger partial charge in [-0.1, -0.05) is 6.07 Å². The molecule has 2 aliphatic heterocycles. The number of ether oxygens (including phenoxy) is 1. The first-order chi connectivity index (χ1) is 12.1. The minimum Gasteiger partial charge on any atom is -0.381 e. The molecule has 0 bridgehead atoms. The maximum atomic E-state index is 14.0. The van der Waals surface area contributed by atoms with Crippen LogP contribution >= 0.6 is 0 Å². The summed E-state index contributed by atoms with van der Waals surface area (Å²) < 4.78 is 33.6. The zero-order valence-corrected chi connectivity index (χ0v) is 14.6. The zero-order chi connectivity index (χ0) is 17.4. The molecule has 1 aliphatic carbocycles. The summed E-state index contributed by atoms with van der Waals surface area (Å²) in [6, 6.07) is 4.13. The number of nitrogens with zero attached hydrogens (tertiary/aromatic N) is 2. The quantitative estimate of drug-likeness (QED) is 0.673. The van der Waals surface area contributed by atoms with Crippen LogP contribution in [0.15, 0.2) is 23.2 Å². The average molecular weight is 349 g/mol. The molecule has 4 nitrogen and oxygen atoms in total. The summed E-state index contributed by atoms with van der Waals surface area (Å²) >= 11 is 0. The Hall–Kier alpha value is -1.69. The number of likely N-dealkylation sites (tertiary alicyclic amines) is 1. The normalized spacial score (nSPS) is 31.8. The van der Waals surface area contributed by atoms with Crippen LogP contribution in [0, 0.1) is 17.0 Å². The van der Waals surface area contributed by atoms with E-state index in [9.17, 15) is 8.78 Å². The summed E-state index contributed by atoms with van der Waals surface area (Å²) in [5.41, 5.74) is 0.467. The molecule has 1 aromatic rings. The topological polar surface area (TPSA) is 36.9 Å². The minimum absolute atomic E-state index is 0.0491. The van der Waals surface area contributed by atoms with Crippen molar-refractivity contribution in [1.82, 2.24) is 10.2 Å². The van der Waals surface area contributed by atoms with Crippen molar-refractivity contribution in [2.24, 2.45) is 10.4 Å². The highest BCUT2D eigenvalue weighted by Crippen LogP contribution is 2.44. The molecule has 2 saturated heterocycles. The Morgan fingerprint density at radius 3 is 2.84 bits per heavy atom. The second-order valence-corrected chi connectivity index (χ2v) is 7.50. The van der Waals surface area contributed by atoms with Gasteiger partial charge >= 0.3 is 0 Å². The van der Waals surface area contributed by atoms with Crippen molar-refractivity contribution >= 4 is 5.96 Å². The third kappa shape index (κ3) is 3.24. The molecular formula is C19H25F2N3O. The molecule has 1 aromatic carbocycles. The monoisotopic (exact) mass is 349 g/mol. The molecule has 4 rings (SSSR count). The highest BCUT2D eigenvalue weighted by atomic mass is 19.1. The van der Waals surface area contributed by atoms with Crippen molar-refractivity contribution in [2.45, 2.75) is 38.1 Å². The third-order valence-corrected chi connectivity index (χ3v) is 5.71. The molecule has 3 atom stereocenters. The van der Waals surface area contributed by atoms with Gasteiger partial charge in [-0.15, -0.1) is 0 Å².